The number of thiazole rings is 1. The first-order valence-electron chi connectivity index (χ1n) is 10.6. The van der Waals surface area contributed by atoms with Crippen molar-refractivity contribution in [3.8, 4) is 11.3 Å². The number of amides is 4. The molecule has 1 aromatic carbocycles. The van der Waals surface area contributed by atoms with Gasteiger partial charge in [-0.25, -0.2) is 9.78 Å². The van der Waals surface area contributed by atoms with Crippen LogP contribution in [-0.4, -0.2) is 46.1 Å². The Bertz CT molecular complexity index is 1050. The molecule has 2 heterocycles. The van der Waals surface area contributed by atoms with Gasteiger partial charge in [-0.05, 0) is 49.0 Å². The number of nitrogens with one attached hydrogen (secondary N) is 2. The molecule has 170 valence electrons. The Kier molecular flexibility index (Phi) is 6.06. The third-order valence-corrected chi connectivity index (χ3v) is 7.56. The molecule has 1 aliphatic carbocycles. The SMILES string of the molecule is CSc1ccc(-c2csc(NC(=O)CN3C(=O)NC4(CC(C)CC(C)(C)C4)C3=O)n2)cc1. The lowest BCUT2D eigenvalue weighted by atomic mass is 9.64. The van der Waals surface area contributed by atoms with E-state index >= 15 is 0 Å². The van der Waals surface area contributed by atoms with E-state index in [2.05, 4.69) is 36.4 Å². The number of rotatable bonds is 5. The van der Waals surface area contributed by atoms with Crippen LogP contribution >= 0.6 is 23.1 Å². The fourth-order valence-corrected chi connectivity index (χ4v) is 6.32. The molecule has 2 N–H and O–H groups in total. The highest BCUT2D eigenvalue weighted by Crippen LogP contribution is 2.46. The maximum Gasteiger partial charge on any atom is 0.325 e. The molecule has 4 amide bonds. The van der Waals surface area contributed by atoms with Gasteiger partial charge in [0, 0.05) is 15.8 Å². The number of carbonyl (C=O) groups is 3. The van der Waals surface area contributed by atoms with Crippen LogP contribution in [-0.2, 0) is 9.59 Å². The smallest absolute Gasteiger partial charge is 0.323 e. The molecule has 0 radical (unpaired) electrons. The standard InChI is InChI=1S/C23H28N4O3S2/c1-14-9-22(2,3)13-23(10-14)19(29)27(21(30)26-23)11-18(28)25-20-24-17(12-32-20)15-5-7-16(31-4)8-6-15/h5-8,12,14H,9-11,13H2,1-4H3,(H,26,30)(H,24,25,28). The van der Waals surface area contributed by atoms with Crippen molar-refractivity contribution in [1.82, 2.24) is 15.2 Å². The van der Waals surface area contributed by atoms with E-state index in [4.69, 9.17) is 0 Å². The van der Waals surface area contributed by atoms with Crippen molar-refractivity contribution in [3.63, 3.8) is 0 Å². The zero-order valence-corrected chi connectivity index (χ0v) is 20.4. The van der Waals surface area contributed by atoms with Gasteiger partial charge < -0.3 is 10.6 Å². The summed E-state index contributed by atoms with van der Waals surface area (Å²) in [6.45, 7) is 6.02. The van der Waals surface area contributed by atoms with Crippen molar-refractivity contribution < 1.29 is 14.4 Å². The molecule has 9 heteroatoms. The van der Waals surface area contributed by atoms with Crippen molar-refractivity contribution in [2.45, 2.75) is 50.5 Å². The van der Waals surface area contributed by atoms with Crippen molar-refractivity contribution in [1.29, 1.82) is 0 Å². The van der Waals surface area contributed by atoms with E-state index in [1.54, 1.807) is 11.8 Å². The second kappa shape index (κ2) is 8.51. The minimum absolute atomic E-state index is 0.0514. The van der Waals surface area contributed by atoms with Gasteiger partial charge in [0.15, 0.2) is 5.13 Å². The summed E-state index contributed by atoms with van der Waals surface area (Å²) in [5.74, 6) is -0.422. The fraction of sp³-hybridized carbons (Fsp3) is 0.478. The van der Waals surface area contributed by atoms with Gasteiger partial charge in [-0.1, -0.05) is 32.9 Å². The summed E-state index contributed by atoms with van der Waals surface area (Å²) in [6.07, 6.45) is 4.21. The van der Waals surface area contributed by atoms with Crippen LogP contribution in [0.5, 0.6) is 0 Å². The van der Waals surface area contributed by atoms with Crippen molar-refractivity contribution in [2.75, 3.05) is 18.1 Å². The topological polar surface area (TPSA) is 91.4 Å². The molecule has 1 saturated heterocycles. The average molecular weight is 473 g/mol. The molecule has 1 spiro atoms. The first-order valence-corrected chi connectivity index (χ1v) is 12.8. The molecule has 2 unspecified atom stereocenters. The highest BCUT2D eigenvalue weighted by Gasteiger charge is 2.56. The number of hydrogen-bond donors (Lipinski definition) is 2. The van der Waals surface area contributed by atoms with Gasteiger partial charge in [-0.15, -0.1) is 23.1 Å². The maximum absolute atomic E-state index is 13.2. The van der Waals surface area contributed by atoms with Crippen LogP contribution in [0.15, 0.2) is 34.5 Å². The summed E-state index contributed by atoms with van der Waals surface area (Å²) in [6, 6.07) is 7.54. The van der Waals surface area contributed by atoms with Crippen molar-refractivity contribution in [2.24, 2.45) is 11.3 Å². The van der Waals surface area contributed by atoms with Gasteiger partial charge >= 0.3 is 6.03 Å². The monoisotopic (exact) mass is 472 g/mol. The molecule has 1 aromatic heterocycles. The summed E-state index contributed by atoms with van der Waals surface area (Å²) in [7, 11) is 0. The fourth-order valence-electron chi connectivity index (χ4n) is 5.18. The van der Waals surface area contributed by atoms with E-state index in [-0.39, 0.29) is 17.9 Å². The first-order chi connectivity index (χ1) is 15.1. The molecular formula is C23H28N4O3S2. The van der Waals surface area contributed by atoms with Crippen LogP contribution in [0, 0.1) is 11.3 Å². The van der Waals surface area contributed by atoms with Crippen LogP contribution < -0.4 is 10.6 Å². The Labute approximate surface area is 196 Å². The largest absolute Gasteiger partial charge is 0.325 e. The van der Waals surface area contributed by atoms with Gasteiger partial charge in [0.1, 0.15) is 12.1 Å². The minimum atomic E-state index is -0.907. The third kappa shape index (κ3) is 4.54. The Hall–Kier alpha value is -2.39. The van der Waals surface area contributed by atoms with Crippen molar-refractivity contribution in [3.05, 3.63) is 29.6 Å². The van der Waals surface area contributed by atoms with E-state index in [0.29, 0.717) is 23.9 Å². The lowest BCUT2D eigenvalue weighted by molar-refractivity contribution is -0.136. The number of nitrogens with zero attached hydrogens (tertiary/aromatic N) is 2. The lowest BCUT2D eigenvalue weighted by Gasteiger charge is -2.43. The number of aromatic nitrogens is 1. The number of urea groups is 1. The number of anilines is 1. The molecule has 7 nitrogen and oxygen atoms in total. The molecule has 2 fully saturated rings. The molecule has 2 atom stereocenters. The van der Waals surface area contributed by atoms with E-state index in [0.717, 1.165) is 22.6 Å². The van der Waals surface area contributed by atoms with Gasteiger partial charge in [0.25, 0.3) is 5.91 Å². The Morgan fingerprint density at radius 1 is 1.28 bits per heavy atom. The first kappa shape index (κ1) is 22.8. The summed E-state index contributed by atoms with van der Waals surface area (Å²) >= 11 is 2.98. The van der Waals surface area contributed by atoms with Crippen LogP contribution in [0.25, 0.3) is 11.3 Å². The molecule has 1 saturated carbocycles. The third-order valence-electron chi connectivity index (χ3n) is 6.06. The zero-order valence-electron chi connectivity index (χ0n) is 18.7. The van der Waals surface area contributed by atoms with Crippen LogP contribution in [0.3, 0.4) is 0 Å². The number of benzene rings is 1. The summed E-state index contributed by atoms with van der Waals surface area (Å²) in [4.78, 5) is 45.1. The maximum atomic E-state index is 13.2. The molecule has 0 bridgehead atoms. The van der Waals surface area contributed by atoms with Gasteiger partial charge in [0.05, 0.1) is 5.69 Å². The predicted molar refractivity (Wildman–Crippen MR) is 128 cm³/mol. The predicted octanol–water partition coefficient (Wildman–Crippen LogP) is 4.61. The highest BCUT2D eigenvalue weighted by atomic mass is 32.2. The van der Waals surface area contributed by atoms with Crippen LogP contribution in [0.1, 0.15) is 40.0 Å². The van der Waals surface area contributed by atoms with E-state index in [1.165, 1.54) is 16.2 Å². The molecule has 1 aliphatic heterocycles. The molecule has 4 rings (SSSR count). The molecule has 2 aromatic rings. The number of carbonyl (C=O) groups excluding carboxylic acids is 3. The highest BCUT2D eigenvalue weighted by molar-refractivity contribution is 7.98. The van der Waals surface area contributed by atoms with E-state index < -0.39 is 17.5 Å². The van der Waals surface area contributed by atoms with E-state index in [9.17, 15) is 14.4 Å². The Morgan fingerprint density at radius 2 is 2.00 bits per heavy atom. The minimum Gasteiger partial charge on any atom is -0.323 e. The van der Waals surface area contributed by atoms with Crippen LogP contribution in [0.4, 0.5) is 9.93 Å². The van der Waals surface area contributed by atoms with Gasteiger partial charge in [-0.2, -0.15) is 0 Å². The molecular weight excluding hydrogens is 444 g/mol. The molecule has 2 aliphatic rings. The summed E-state index contributed by atoms with van der Waals surface area (Å²) < 4.78 is 0. The Morgan fingerprint density at radius 3 is 2.66 bits per heavy atom. The Balaban J connectivity index is 1.42. The number of hydrogen-bond acceptors (Lipinski definition) is 6. The van der Waals surface area contributed by atoms with Crippen LogP contribution in [0.2, 0.25) is 0 Å². The second-order valence-corrected chi connectivity index (χ2v) is 11.3. The number of imide groups is 1. The second-order valence-electron chi connectivity index (χ2n) is 9.57. The van der Waals surface area contributed by atoms with E-state index in [1.807, 2.05) is 35.9 Å². The normalized spacial score (nSPS) is 24.6. The average Bonchev–Trinajstić information content (AvgIpc) is 3.25. The van der Waals surface area contributed by atoms with Crippen molar-refractivity contribution >= 4 is 46.1 Å². The summed E-state index contributed by atoms with van der Waals surface area (Å²) in [5, 5.41) is 7.94. The van der Waals surface area contributed by atoms with Gasteiger partial charge in [0.2, 0.25) is 5.91 Å². The quantitative estimate of drug-likeness (QED) is 0.490. The summed E-state index contributed by atoms with van der Waals surface area (Å²) in [5.41, 5.74) is 0.773. The molecule has 32 heavy (non-hydrogen) atoms. The zero-order chi connectivity index (χ0) is 23.1. The van der Waals surface area contributed by atoms with Gasteiger partial charge in [-0.3, -0.25) is 14.5 Å². The number of thioether (sulfide) groups is 1. The lowest BCUT2D eigenvalue weighted by Crippen LogP contribution is -2.54.